The highest BCUT2D eigenvalue weighted by atomic mass is 16.5. The fourth-order valence-corrected chi connectivity index (χ4v) is 1.69. The van der Waals surface area contributed by atoms with Crippen LogP contribution in [0.5, 0.6) is 0 Å². The van der Waals surface area contributed by atoms with Crippen LogP contribution in [0.15, 0.2) is 40.9 Å². The molecule has 0 saturated carbocycles. The Hall–Kier alpha value is -2.18. The lowest BCUT2D eigenvalue weighted by Crippen LogP contribution is -2.29. The summed E-state index contributed by atoms with van der Waals surface area (Å²) in [6, 6.07) is 10.8. The number of hydrogen-bond acceptors (Lipinski definition) is 5. The smallest absolute Gasteiger partial charge is 0.312 e. The molecule has 1 aromatic heterocycles. The number of carbonyl (C=O) groups is 1. The molecule has 1 heterocycles. The van der Waals surface area contributed by atoms with Crippen LogP contribution in [0.2, 0.25) is 0 Å². The fraction of sp³-hybridized carbons (Fsp3) is 0.231. The van der Waals surface area contributed by atoms with Gasteiger partial charge >= 0.3 is 5.97 Å². The van der Waals surface area contributed by atoms with Gasteiger partial charge in [0.1, 0.15) is 5.92 Å². The summed E-state index contributed by atoms with van der Waals surface area (Å²) in [4.78, 5) is 10.8. The molecule has 1 aromatic carbocycles. The second kappa shape index (κ2) is 5.64. The standard InChI is InChI=1S/C13H13NO5/c15-12(16)10(13(17)18)6-9-7-11(19-14-9)8-4-2-1-3-5-8/h1-5,7,10,12,15-16H,6H2,(H,17,18). The zero-order valence-electron chi connectivity index (χ0n) is 9.93. The van der Waals surface area contributed by atoms with Gasteiger partial charge < -0.3 is 19.8 Å². The monoisotopic (exact) mass is 263 g/mol. The van der Waals surface area contributed by atoms with Crippen molar-refractivity contribution in [1.29, 1.82) is 0 Å². The second-order valence-electron chi connectivity index (χ2n) is 4.11. The maximum absolute atomic E-state index is 10.8. The Morgan fingerprint density at radius 2 is 1.95 bits per heavy atom. The van der Waals surface area contributed by atoms with Crippen LogP contribution in [0.25, 0.3) is 11.3 Å². The van der Waals surface area contributed by atoms with E-state index in [1.807, 2.05) is 30.3 Å². The number of benzene rings is 1. The number of aliphatic hydroxyl groups excluding tert-OH is 1. The van der Waals surface area contributed by atoms with E-state index in [-0.39, 0.29) is 6.42 Å². The molecule has 0 amide bonds. The summed E-state index contributed by atoms with van der Waals surface area (Å²) in [7, 11) is 0. The van der Waals surface area contributed by atoms with Crippen LogP contribution in [-0.2, 0) is 11.2 Å². The second-order valence-corrected chi connectivity index (χ2v) is 4.11. The van der Waals surface area contributed by atoms with E-state index in [0.717, 1.165) is 5.56 Å². The van der Waals surface area contributed by atoms with Crippen LogP contribution in [-0.4, -0.2) is 32.7 Å². The lowest BCUT2D eigenvalue weighted by atomic mass is 10.0. The van der Waals surface area contributed by atoms with Gasteiger partial charge in [0.05, 0.1) is 5.69 Å². The molecule has 0 aliphatic heterocycles. The Balaban J connectivity index is 2.16. The van der Waals surface area contributed by atoms with E-state index in [1.165, 1.54) is 0 Å². The minimum Gasteiger partial charge on any atom is -0.481 e. The van der Waals surface area contributed by atoms with Crippen LogP contribution in [0.4, 0.5) is 0 Å². The Labute approximate surface area is 108 Å². The normalized spacial score (nSPS) is 12.6. The van der Waals surface area contributed by atoms with E-state index in [9.17, 15) is 4.79 Å². The van der Waals surface area contributed by atoms with E-state index < -0.39 is 18.2 Å². The fourth-order valence-electron chi connectivity index (χ4n) is 1.69. The molecule has 0 bridgehead atoms. The Morgan fingerprint density at radius 3 is 2.53 bits per heavy atom. The molecule has 1 unspecified atom stereocenters. The van der Waals surface area contributed by atoms with Crippen molar-refractivity contribution < 1.29 is 24.6 Å². The molecule has 100 valence electrons. The first kappa shape index (κ1) is 13.3. The van der Waals surface area contributed by atoms with Crippen molar-refractivity contribution in [2.24, 2.45) is 5.92 Å². The van der Waals surface area contributed by atoms with E-state index in [4.69, 9.17) is 19.8 Å². The van der Waals surface area contributed by atoms with Gasteiger partial charge in [0, 0.05) is 18.1 Å². The third kappa shape index (κ3) is 3.18. The predicted molar refractivity (Wildman–Crippen MR) is 65.0 cm³/mol. The number of carboxylic acids is 1. The summed E-state index contributed by atoms with van der Waals surface area (Å²) < 4.78 is 5.10. The highest BCUT2D eigenvalue weighted by Gasteiger charge is 2.26. The molecule has 0 radical (unpaired) electrons. The van der Waals surface area contributed by atoms with E-state index in [0.29, 0.717) is 11.5 Å². The average molecular weight is 263 g/mol. The number of aliphatic carboxylic acids is 1. The summed E-state index contributed by atoms with van der Waals surface area (Å²) in [6.07, 6.45) is -2.04. The number of aliphatic hydroxyl groups is 2. The minimum atomic E-state index is -1.94. The highest BCUT2D eigenvalue weighted by Crippen LogP contribution is 2.21. The Morgan fingerprint density at radius 1 is 1.26 bits per heavy atom. The topological polar surface area (TPSA) is 104 Å². The molecular weight excluding hydrogens is 250 g/mol. The van der Waals surface area contributed by atoms with Crippen molar-refractivity contribution >= 4 is 5.97 Å². The molecule has 0 spiro atoms. The maximum atomic E-state index is 10.8. The van der Waals surface area contributed by atoms with E-state index in [1.54, 1.807) is 6.07 Å². The third-order valence-electron chi connectivity index (χ3n) is 2.72. The minimum absolute atomic E-state index is 0.108. The summed E-state index contributed by atoms with van der Waals surface area (Å²) in [5.74, 6) is -2.11. The van der Waals surface area contributed by atoms with Crippen molar-refractivity contribution in [3.05, 3.63) is 42.1 Å². The molecule has 2 rings (SSSR count). The Kier molecular flexibility index (Phi) is 3.94. The molecule has 0 aliphatic rings. The molecule has 0 fully saturated rings. The van der Waals surface area contributed by atoms with Gasteiger partial charge in [0.2, 0.25) is 0 Å². The van der Waals surface area contributed by atoms with Gasteiger partial charge in [0.15, 0.2) is 12.1 Å². The summed E-state index contributed by atoms with van der Waals surface area (Å²) in [5.41, 5.74) is 1.18. The number of aromatic nitrogens is 1. The molecule has 0 aliphatic carbocycles. The zero-order chi connectivity index (χ0) is 13.8. The predicted octanol–water partition coefficient (Wildman–Crippen LogP) is 0.896. The van der Waals surface area contributed by atoms with E-state index in [2.05, 4.69) is 5.16 Å². The van der Waals surface area contributed by atoms with Crippen molar-refractivity contribution in [3.63, 3.8) is 0 Å². The van der Waals surface area contributed by atoms with Gasteiger partial charge in [-0.15, -0.1) is 0 Å². The molecule has 19 heavy (non-hydrogen) atoms. The third-order valence-corrected chi connectivity index (χ3v) is 2.72. The quantitative estimate of drug-likeness (QED) is 0.692. The van der Waals surface area contributed by atoms with Crippen molar-refractivity contribution in [2.75, 3.05) is 0 Å². The van der Waals surface area contributed by atoms with Crippen molar-refractivity contribution in [3.8, 4) is 11.3 Å². The number of hydrogen-bond donors (Lipinski definition) is 3. The van der Waals surface area contributed by atoms with Gasteiger partial charge in [-0.3, -0.25) is 4.79 Å². The molecule has 3 N–H and O–H groups in total. The molecule has 6 nitrogen and oxygen atoms in total. The van der Waals surface area contributed by atoms with Crippen LogP contribution in [0.1, 0.15) is 5.69 Å². The van der Waals surface area contributed by atoms with Crippen LogP contribution in [0.3, 0.4) is 0 Å². The summed E-state index contributed by atoms with van der Waals surface area (Å²) in [6.45, 7) is 0. The lowest BCUT2D eigenvalue weighted by Gasteiger charge is -2.11. The van der Waals surface area contributed by atoms with Crippen molar-refractivity contribution in [1.82, 2.24) is 5.16 Å². The number of carboxylic acid groups (broad SMARTS) is 1. The van der Waals surface area contributed by atoms with Crippen LogP contribution >= 0.6 is 0 Å². The first-order valence-corrected chi connectivity index (χ1v) is 5.68. The van der Waals surface area contributed by atoms with Gasteiger partial charge in [-0.1, -0.05) is 35.5 Å². The molecule has 6 heteroatoms. The average Bonchev–Trinajstić information content (AvgIpc) is 2.85. The Bertz CT molecular complexity index is 549. The summed E-state index contributed by atoms with van der Waals surface area (Å²) >= 11 is 0. The molecular formula is C13H13NO5. The number of nitrogens with zero attached hydrogens (tertiary/aromatic N) is 1. The molecule has 0 saturated heterocycles. The van der Waals surface area contributed by atoms with Crippen LogP contribution < -0.4 is 0 Å². The summed E-state index contributed by atoms with van der Waals surface area (Å²) in [5, 5.41) is 30.6. The lowest BCUT2D eigenvalue weighted by molar-refractivity contribution is -0.158. The molecule has 1 atom stereocenters. The zero-order valence-corrected chi connectivity index (χ0v) is 9.93. The van der Waals surface area contributed by atoms with Crippen molar-refractivity contribution in [2.45, 2.75) is 12.7 Å². The number of rotatable bonds is 5. The van der Waals surface area contributed by atoms with Gasteiger partial charge in [-0.2, -0.15) is 0 Å². The largest absolute Gasteiger partial charge is 0.481 e. The van der Waals surface area contributed by atoms with Gasteiger partial charge in [-0.05, 0) is 0 Å². The van der Waals surface area contributed by atoms with Gasteiger partial charge in [-0.25, -0.2) is 0 Å². The molecule has 2 aromatic rings. The first-order chi connectivity index (χ1) is 9.08. The maximum Gasteiger partial charge on any atom is 0.312 e. The van der Waals surface area contributed by atoms with E-state index >= 15 is 0 Å². The van der Waals surface area contributed by atoms with Crippen LogP contribution in [0, 0.1) is 5.92 Å². The van der Waals surface area contributed by atoms with Gasteiger partial charge in [0.25, 0.3) is 0 Å². The first-order valence-electron chi connectivity index (χ1n) is 5.68. The SMILES string of the molecule is O=C(O)C(Cc1cc(-c2ccccc2)on1)C(O)O. The highest BCUT2D eigenvalue weighted by molar-refractivity contribution is 5.70.